The lowest BCUT2D eigenvalue weighted by atomic mass is 10.2. The van der Waals surface area contributed by atoms with Gasteiger partial charge in [0.05, 0.1) is 0 Å². The zero-order valence-corrected chi connectivity index (χ0v) is 15.8. The molecule has 1 aromatic heterocycles. The number of nitrogens with zero attached hydrogens (tertiary/aromatic N) is 2. The molecular weight excluding hydrogens is 318 g/mol. The Bertz CT molecular complexity index is 351. The van der Waals surface area contributed by atoms with E-state index in [9.17, 15) is 0 Å². The number of hydrogen-bond acceptors (Lipinski definition) is 6. The summed E-state index contributed by atoms with van der Waals surface area (Å²) in [5.74, 6) is 1.07. The molecule has 0 aliphatic rings. The summed E-state index contributed by atoms with van der Waals surface area (Å²) in [5.41, 5.74) is 0. The molecule has 1 heterocycles. The highest BCUT2D eigenvalue weighted by Gasteiger charge is 2.39. The van der Waals surface area contributed by atoms with Gasteiger partial charge in [0.1, 0.15) is 6.33 Å². The van der Waals surface area contributed by atoms with E-state index >= 15 is 0 Å². The highest BCUT2D eigenvalue weighted by atomic mass is 32.2. The second kappa shape index (κ2) is 12.1. The van der Waals surface area contributed by atoms with Crippen LogP contribution in [0.25, 0.3) is 0 Å². The van der Waals surface area contributed by atoms with Gasteiger partial charge in [-0.2, -0.15) is 5.10 Å². The molecule has 0 saturated carbocycles. The molecule has 0 atom stereocenters. The average Bonchev–Trinajstić information content (AvgIpc) is 3.00. The molecule has 1 N–H and O–H groups in total. The molecule has 0 aliphatic heterocycles. The van der Waals surface area contributed by atoms with E-state index in [2.05, 4.69) is 15.2 Å². The SMILES string of the molecule is CCO[Si](CCCCCCSc1ncn[nH]1)(OCC)OCC. The van der Waals surface area contributed by atoms with Crippen molar-refractivity contribution in [2.24, 2.45) is 0 Å². The van der Waals surface area contributed by atoms with E-state index in [4.69, 9.17) is 13.3 Å². The third-order valence-corrected chi connectivity index (χ3v) is 7.22. The summed E-state index contributed by atoms with van der Waals surface area (Å²) in [5, 5.41) is 7.59. The molecule has 128 valence electrons. The highest BCUT2D eigenvalue weighted by molar-refractivity contribution is 7.99. The van der Waals surface area contributed by atoms with Crippen LogP contribution in [0.5, 0.6) is 0 Å². The van der Waals surface area contributed by atoms with Gasteiger partial charge in [-0.25, -0.2) is 4.98 Å². The van der Waals surface area contributed by atoms with Crippen molar-refractivity contribution in [3.8, 4) is 0 Å². The molecule has 0 saturated heterocycles. The lowest BCUT2D eigenvalue weighted by molar-refractivity contribution is 0.0706. The standard InChI is InChI=1S/C14H29N3O3SSi/c1-4-18-22(19-5-2,20-6-3)12-10-8-7-9-11-21-14-15-13-16-17-14/h13H,4-12H2,1-3H3,(H,15,16,17). The minimum atomic E-state index is -2.44. The van der Waals surface area contributed by atoms with Crippen LogP contribution in [0.1, 0.15) is 46.5 Å². The first-order chi connectivity index (χ1) is 10.8. The lowest BCUT2D eigenvalue weighted by Gasteiger charge is -2.28. The van der Waals surface area contributed by atoms with Gasteiger partial charge in [-0.3, -0.25) is 5.10 Å². The van der Waals surface area contributed by atoms with Crippen molar-refractivity contribution in [1.82, 2.24) is 15.2 Å². The number of rotatable bonds is 14. The third kappa shape index (κ3) is 7.73. The van der Waals surface area contributed by atoms with Crippen molar-refractivity contribution in [1.29, 1.82) is 0 Å². The molecule has 0 unspecified atom stereocenters. The zero-order chi connectivity index (χ0) is 16.1. The molecule has 0 amide bonds. The van der Waals surface area contributed by atoms with Gasteiger partial charge in [-0.05, 0) is 33.6 Å². The zero-order valence-electron chi connectivity index (χ0n) is 14.0. The van der Waals surface area contributed by atoms with Crippen LogP contribution in [0.2, 0.25) is 6.04 Å². The summed E-state index contributed by atoms with van der Waals surface area (Å²) in [7, 11) is -2.44. The van der Waals surface area contributed by atoms with Gasteiger partial charge in [0.2, 0.25) is 0 Å². The summed E-state index contributed by atoms with van der Waals surface area (Å²) in [6.45, 7) is 7.96. The Kier molecular flexibility index (Phi) is 10.8. The maximum atomic E-state index is 5.86. The maximum Gasteiger partial charge on any atom is 0.500 e. The van der Waals surface area contributed by atoms with Gasteiger partial charge in [-0.15, -0.1) is 0 Å². The molecule has 1 rings (SSSR count). The van der Waals surface area contributed by atoms with Crippen LogP contribution in [-0.4, -0.2) is 49.6 Å². The van der Waals surface area contributed by atoms with Crippen molar-refractivity contribution in [2.75, 3.05) is 25.6 Å². The average molecular weight is 348 g/mol. The largest absolute Gasteiger partial charge is 0.500 e. The molecule has 0 fully saturated rings. The van der Waals surface area contributed by atoms with E-state index in [0.717, 1.165) is 23.4 Å². The summed E-state index contributed by atoms with van der Waals surface area (Å²) in [6.07, 6.45) is 6.20. The summed E-state index contributed by atoms with van der Waals surface area (Å²) < 4.78 is 17.6. The molecule has 0 aromatic carbocycles. The summed E-state index contributed by atoms with van der Waals surface area (Å²) in [4.78, 5) is 4.10. The minimum Gasteiger partial charge on any atom is -0.374 e. The first-order valence-corrected chi connectivity index (χ1v) is 11.1. The molecule has 22 heavy (non-hydrogen) atoms. The van der Waals surface area contributed by atoms with Crippen LogP contribution in [-0.2, 0) is 13.3 Å². The van der Waals surface area contributed by atoms with Gasteiger partial charge in [-0.1, -0.05) is 24.6 Å². The topological polar surface area (TPSA) is 69.3 Å². The Balaban J connectivity index is 2.15. The van der Waals surface area contributed by atoms with Gasteiger partial charge in [0, 0.05) is 31.6 Å². The van der Waals surface area contributed by atoms with Gasteiger partial charge in [0.15, 0.2) is 5.16 Å². The van der Waals surface area contributed by atoms with E-state index in [1.54, 1.807) is 18.1 Å². The van der Waals surface area contributed by atoms with Crippen LogP contribution in [0.15, 0.2) is 11.5 Å². The summed E-state index contributed by atoms with van der Waals surface area (Å²) >= 11 is 1.72. The van der Waals surface area contributed by atoms with Crippen LogP contribution in [0.3, 0.4) is 0 Å². The number of aromatic amines is 1. The first kappa shape index (κ1) is 19.6. The number of thioether (sulfide) groups is 1. The lowest BCUT2D eigenvalue weighted by Crippen LogP contribution is -2.45. The normalized spacial score (nSPS) is 12.0. The monoisotopic (exact) mass is 347 g/mol. The van der Waals surface area contributed by atoms with Crippen LogP contribution >= 0.6 is 11.8 Å². The molecule has 6 nitrogen and oxygen atoms in total. The van der Waals surface area contributed by atoms with Crippen LogP contribution in [0.4, 0.5) is 0 Å². The maximum absolute atomic E-state index is 5.86. The van der Waals surface area contributed by atoms with E-state index in [0.29, 0.717) is 19.8 Å². The van der Waals surface area contributed by atoms with E-state index in [1.165, 1.54) is 19.3 Å². The number of nitrogens with one attached hydrogen (secondary N) is 1. The van der Waals surface area contributed by atoms with E-state index < -0.39 is 8.80 Å². The predicted octanol–water partition coefficient (Wildman–Crippen LogP) is 3.51. The number of H-pyrrole nitrogens is 1. The predicted molar refractivity (Wildman–Crippen MR) is 91.0 cm³/mol. The molecule has 0 spiro atoms. The Hall–Kier alpha value is -0.413. The van der Waals surface area contributed by atoms with Crippen molar-refractivity contribution in [3.63, 3.8) is 0 Å². The van der Waals surface area contributed by atoms with Gasteiger partial charge < -0.3 is 13.3 Å². The molecule has 1 aromatic rings. The minimum absolute atomic E-state index is 0.653. The molecule has 8 heteroatoms. The third-order valence-electron chi connectivity index (χ3n) is 3.10. The van der Waals surface area contributed by atoms with Crippen LogP contribution in [0, 0.1) is 0 Å². The Morgan fingerprint density at radius 3 is 2.18 bits per heavy atom. The molecular formula is C14H29N3O3SSi. The fraction of sp³-hybridized carbons (Fsp3) is 0.857. The number of unbranched alkanes of at least 4 members (excludes halogenated alkanes) is 3. The van der Waals surface area contributed by atoms with Crippen LogP contribution < -0.4 is 0 Å². The van der Waals surface area contributed by atoms with Gasteiger partial charge >= 0.3 is 8.80 Å². The van der Waals surface area contributed by atoms with Gasteiger partial charge in [0.25, 0.3) is 0 Å². The van der Waals surface area contributed by atoms with Crippen molar-refractivity contribution < 1.29 is 13.3 Å². The summed E-state index contributed by atoms with van der Waals surface area (Å²) in [6, 6.07) is 0.914. The quantitative estimate of drug-likeness (QED) is 0.315. The fourth-order valence-electron chi connectivity index (χ4n) is 2.23. The van der Waals surface area contributed by atoms with E-state index in [-0.39, 0.29) is 0 Å². The molecule has 0 radical (unpaired) electrons. The van der Waals surface area contributed by atoms with Crippen molar-refractivity contribution in [2.45, 2.75) is 57.7 Å². The Morgan fingerprint density at radius 2 is 1.64 bits per heavy atom. The van der Waals surface area contributed by atoms with Crippen molar-refractivity contribution >= 4 is 20.6 Å². The molecule has 0 bridgehead atoms. The smallest absolute Gasteiger partial charge is 0.374 e. The van der Waals surface area contributed by atoms with Crippen molar-refractivity contribution in [3.05, 3.63) is 6.33 Å². The molecule has 0 aliphatic carbocycles. The fourth-order valence-corrected chi connectivity index (χ4v) is 5.70. The second-order valence-corrected chi connectivity index (χ2v) is 8.60. The Morgan fingerprint density at radius 1 is 1.00 bits per heavy atom. The second-order valence-electron chi connectivity index (χ2n) is 4.79. The Labute approximate surface area is 139 Å². The number of aromatic nitrogens is 3. The first-order valence-electron chi connectivity index (χ1n) is 8.16. The highest BCUT2D eigenvalue weighted by Crippen LogP contribution is 2.21. The number of hydrogen-bond donors (Lipinski definition) is 1. The van der Waals surface area contributed by atoms with E-state index in [1.807, 2.05) is 20.8 Å².